The van der Waals surface area contributed by atoms with Gasteiger partial charge >= 0.3 is 0 Å². The van der Waals surface area contributed by atoms with Gasteiger partial charge in [0.05, 0.1) is 17.1 Å². The van der Waals surface area contributed by atoms with Gasteiger partial charge in [-0.3, -0.25) is 9.69 Å². The molecule has 3 saturated heterocycles. The van der Waals surface area contributed by atoms with Crippen molar-refractivity contribution in [1.29, 1.82) is 0 Å². The van der Waals surface area contributed by atoms with Gasteiger partial charge in [0.2, 0.25) is 5.91 Å². The van der Waals surface area contributed by atoms with E-state index in [1.165, 1.54) is 24.4 Å². The Kier molecular flexibility index (Phi) is 7.48. The minimum atomic E-state index is -0.516. The van der Waals surface area contributed by atoms with Crippen LogP contribution >= 0.6 is 0 Å². The number of fused-ring (bicyclic) bond motifs is 3. The number of carbonyl (C=O) groups excluding carboxylic acids is 1. The summed E-state index contributed by atoms with van der Waals surface area (Å²) in [5.74, 6) is 0.966. The third kappa shape index (κ3) is 5.32. The van der Waals surface area contributed by atoms with Gasteiger partial charge in [0.15, 0.2) is 0 Å². The van der Waals surface area contributed by atoms with Crippen LogP contribution in [0.1, 0.15) is 83.1 Å². The lowest BCUT2D eigenvalue weighted by Crippen LogP contribution is -2.54. The van der Waals surface area contributed by atoms with E-state index in [1.54, 1.807) is 6.07 Å². The van der Waals surface area contributed by atoms with Crippen molar-refractivity contribution < 1.29 is 9.18 Å². The number of likely N-dealkylation sites (tertiary alicyclic amines) is 1. The molecule has 6 rings (SSSR count). The van der Waals surface area contributed by atoms with Gasteiger partial charge < -0.3 is 15.2 Å². The van der Waals surface area contributed by atoms with Gasteiger partial charge in [-0.15, -0.1) is 0 Å². The Bertz CT molecular complexity index is 1390. The Labute approximate surface area is 244 Å². The standard InChI is InChI=1S/C34H46FN5O/c1-23-37-29-10-5-6-11-30(29)40(23)28-21-26-12-13-27(22-28)39(26)19-16-34(24-8-7-9-25(35)20-24)14-17-38(18-15-34)32(41)31(36)33(2,3)4/h5-11,20,26-28,31H,12-19,21-22,36H2,1-4H3/t26-,27+,28?,31-/m1/s1. The molecule has 2 N–H and O–H groups in total. The fourth-order valence-electron chi connectivity index (χ4n) is 8.01. The van der Waals surface area contributed by atoms with E-state index in [2.05, 4.69) is 46.7 Å². The average molecular weight is 560 g/mol. The summed E-state index contributed by atoms with van der Waals surface area (Å²) >= 11 is 0. The predicted molar refractivity (Wildman–Crippen MR) is 162 cm³/mol. The molecule has 3 aliphatic heterocycles. The number of aromatic nitrogens is 2. The van der Waals surface area contributed by atoms with Gasteiger partial charge in [0, 0.05) is 31.2 Å². The zero-order chi connectivity index (χ0) is 28.9. The molecule has 1 aromatic heterocycles. The SMILES string of the molecule is Cc1nc2ccccc2n1C1C[C@H]2CC[C@@H](C1)N2CCC1(c2cccc(F)c2)CCN(C(=O)[C@@H](N)C(C)(C)C)CC1. The summed E-state index contributed by atoms with van der Waals surface area (Å²) < 4.78 is 17.0. The highest BCUT2D eigenvalue weighted by molar-refractivity contribution is 5.82. The van der Waals surface area contributed by atoms with Crippen molar-refractivity contribution in [1.82, 2.24) is 19.4 Å². The largest absolute Gasteiger partial charge is 0.341 e. The minimum absolute atomic E-state index is 0.0350. The van der Waals surface area contributed by atoms with Crippen LogP contribution in [0.4, 0.5) is 4.39 Å². The monoisotopic (exact) mass is 559 g/mol. The molecular formula is C34H46FN5O. The molecule has 2 bridgehead atoms. The highest BCUT2D eigenvalue weighted by atomic mass is 19.1. The fraction of sp³-hybridized carbons (Fsp3) is 0.588. The summed E-state index contributed by atoms with van der Waals surface area (Å²) in [6, 6.07) is 16.8. The van der Waals surface area contributed by atoms with Crippen LogP contribution in [0.3, 0.4) is 0 Å². The van der Waals surface area contributed by atoms with Gasteiger partial charge in [-0.1, -0.05) is 45.0 Å². The van der Waals surface area contributed by atoms with Crippen molar-refractivity contribution in [3.63, 3.8) is 0 Å². The third-order valence-corrected chi connectivity index (χ3v) is 10.5. The molecule has 6 nitrogen and oxygen atoms in total. The molecule has 4 atom stereocenters. The number of nitrogens with zero attached hydrogens (tertiary/aromatic N) is 4. The smallest absolute Gasteiger partial charge is 0.240 e. The molecule has 0 radical (unpaired) electrons. The Morgan fingerprint density at radius 1 is 1.05 bits per heavy atom. The van der Waals surface area contributed by atoms with Crippen LogP contribution in [0.2, 0.25) is 0 Å². The molecule has 2 aromatic carbocycles. The summed E-state index contributed by atoms with van der Waals surface area (Å²) in [5.41, 5.74) is 9.35. The van der Waals surface area contributed by atoms with Crippen LogP contribution in [-0.2, 0) is 10.2 Å². The van der Waals surface area contributed by atoms with Crippen LogP contribution in [0.25, 0.3) is 11.0 Å². The molecule has 0 spiro atoms. The van der Waals surface area contributed by atoms with Crippen LogP contribution < -0.4 is 5.73 Å². The number of halogens is 1. The number of piperidine rings is 2. The summed E-state index contributed by atoms with van der Waals surface area (Å²) in [4.78, 5) is 22.8. The zero-order valence-corrected chi connectivity index (χ0v) is 25.2. The first-order valence-electron chi connectivity index (χ1n) is 15.6. The number of hydrogen-bond donors (Lipinski definition) is 1. The number of carbonyl (C=O) groups is 1. The second-order valence-electron chi connectivity index (χ2n) is 14.0. The summed E-state index contributed by atoms with van der Waals surface area (Å²) in [5, 5.41) is 0. The fourth-order valence-corrected chi connectivity index (χ4v) is 8.01. The number of hydrogen-bond acceptors (Lipinski definition) is 4. The molecule has 0 saturated carbocycles. The molecule has 3 aliphatic rings. The maximum absolute atomic E-state index is 14.5. The zero-order valence-electron chi connectivity index (χ0n) is 25.2. The predicted octanol–water partition coefficient (Wildman–Crippen LogP) is 5.98. The third-order valence-electron chi connectivity index (χ3n) is 10.5. The number of nitrogens with two attached hydrogens (primary N) is 1. The normalized spacial score (nSPS) is 25.5. The molecule has 1 amide bonds. The summed E-state index contributed by atoms with van der Waals surface area (Å²) in [6.07, 6.45) is 7.44. The van der Waals surface area contributed by atoms with Crippen LogP contribution in [-0.4, -0.2) is 63.0 Å². The van der Waals surface area contributed by atoms with E-state index in [0.29, 0.717) is 31.2 Å². The number of imidazole rings is 1. The molecule has 1 unspecified atom stereocenters. The number of para-hydroxylation sites is 2. The van der Waals surface area contributed by atoms with Crippen molar-refractivity contribution in [2.75, 3.05) is 19.6 Å². The van der Waals surface area contributed by atoms with E-state index in [-0.39, 0.29) is 22.6 Å². The summed E-state index contributed by atoms with van der Waals surface area (Å²) in [6.45, 7) is 10.5. The Balaban J connectivity index is 1.18. The molecule has 0 aliphatic carbocycles. The quantitative estimate of drug-likeness (QED) is 0.404. The molecule has 220 valence electrons. The van der Waals surface area contributed by atoms with Crippen molar-refractivity contribution in [3.8, 4) is 0 Å². The van der Waals surface area contributed by atoms with E-state index >= 15 is 0 Å². The minimum Gasteiger partial charge on any atom is -0.341 e. The van der Waals surface area contributed by atoms with Crippen molar-refractivity contribution in [2.24, 2.45) is 11.1 Å². The van der Waals surface area contributed by atoms with E-state index in [9.17, 15) is 9.18 Å². The van der Waals surface area contributed by atoms with E-state index < -0.39 is 6.04 Å². The van der Waals surface area contributed by atoms with E-state index in [0.717, 1.165) is 55.6 Å². The van der Waals surface area contributed by atoms with Gasteiger partial charge in [0.25, 0.3) is 0 Å². The first-order valence-corrected chi connectivity index (χ1v) is 15.6. The number of aryl methyl sites for hydroxylation is 1. The lowest BCUT2D eigenvalue weighted by Gasteiger charge is -2.46. The highest BCUT2D eigenvalue weighted by Crippen LogP contribution is 2.45. The average Bonchev–Trinajstić information content (AvgIpc) is 3.41. The Morgan fingerprint density at radius 3 is 2.39 bits per heavy atom. The molecular weight excluding hydrogens is 513 g/mol. The maximum Gasteiger partial charge on any atom is 0.240 e. The topological polar surface area (TPSA) is 67.4 Å². The maximum atomic E-state index is 14.5. The van der Waals surface area contributed by atoms with Gasteiger partial charge in [-0.25, -0.2) is 9.37 Å². The Morgan fingerprint density at radius 2 is 1.73 bits per heavy atom. The van der Waals surface area contributed by atoms with Crippen LogP contribution in [0, 0.1) is 18.2 Å². The van der Waals surface area contributed by atoms with E-state index in [1.807, 2.05) is 31.7 Å². The second kappa shape index (κ2) is 10.8. The molecule has 3 fully saturated rings. The lowest BCUT2D eigenvalue weighted by atomic mass is 9.70. The van der Waals surface area contributed by atoms with E-state index in [4.69, 9.17) is 10.7 Å². The van der Waals surface area contributed by atoms with Gasteiger partial charge in [0.1, 0.15) is 11.6 Å². The molecule has 4 heterocycles. The van der Waals surface area contributed by atoms with Crippen molar-refractivity contribution in [2.45, 2.75) is 102 Å². The number of amides is 1. The summed E-state index contributed by atoms with van der Waals surface area (Å²) in [7, 11) is 0. The Hall–Kier alpha value is -2.77. The van der Waals surface area contributed by atoms with Gasteiger partial charge in [-0.05, 0) is 99.1 Å². The first kappa shape index (κ1) is 28.4. The molecule has 7 heteroatoms. The number of rotatable bonds is 6. The molecule has 3 aromatic rings. The highest BCUT2D eigenvalue weighted by Gasteiger charge is 2.45. The van der Waals surface area contributed by atoms with Crippen LogP contribution in [0.15, 0.2) is 48.5 Å². The van der Waals surface area contributed by atoms with Crippen LogP contribution in [0.5, 0.6) is 0 Å². The number of benzene rings is 2. The lowest BCUT2D eigenvalue weighted by molar-refractivity contribution is -0.136. The van der Waals surface area contributed by atoms with Crippen molar-refractivity contribution in [3.05, 3.63) is 65.7 Å². The van der Waals surface area contributed by atoms with Crippen molar-refractivity contribution >= 4 is 16.9 Å². The first-order chi connectivity index (χ1) is 19.6. The second-order valence-corrected chi connectivity index (χ2v) is 14.0. The molecule has 41 heavy (non-hydrogen) atoms. The van der Waals surface area contributed by atoms with Gasteiger partial charge in [-0.2, -0.15) is 0 Å².